The van der Waals surface area contributed by atoms with E-state index < -0.39 is 15.8 Å². The fraction of sp³-hybridized carbons (Fsp3) is 0.462. The van der Waals surface area contributed by atoms with Crippen LogP contribution in [0.25, 0.3) is 0 Å². The fourth-order valence-electron chi connectivity index (χ4n) is 1.62. The van der Waals surface area contributed by atoms with Crippen LogP contribution in [0.4, 0.5) is 11.4 Å². The van der Waals surface area contributed by atoms with Gasteiger partial charge in [-0.2, -0.15) is 0 Å². The Kier molecular flexibility index (Phi) is 5.82. The standard InChI is InChI=1S/C13H20N2O4S/c1-3-19-13(16)10-6-5-7-11(14)12(10)15-8-9-20(17,18)4-2/h5-7,15H,3-4,8-9,14H2,1-2H3. The van der Waals surface area contributed by atoms with Crippen LogP contribution in [0.1, 0.15) is 24.2 Å². The lowest BCUT2D eigenvalue weighted by atomic mass is 10.1. The Hall–Kier alpha value is -1.76. The smallest absolute Gasteiger partial charge is 0.340 e. The first kappa shape index (κ1) is 16.3. The first-order valence-corrected chi connectivity index (χ1v) is 8.23. The molecule has 0 fully saturated rings. The second-order valence-corrected chi connectivity index (χ2v) is 6.63. The minimum Gasteiger partial charge on any atom is -0.462 e. The lowest BCUT2D eigenvalue weighted by molar-refractivity contribution is 0.0527. The minimum atomic E-state index is -3.07. The number of rotatable bonds is 7. The Labute approximate surface area is 119 Å². The largest absolute Gasteiger partial charge is 0.462 e. The number of hydrogen-bond acceptors (Lipinski definition) is 6. The van der Waals surface area contributed by atoms with Gasteiger partial charge in [-0.05, 0) is 19.1 Å². The van der Waals surface area contributed by atoms with Gasteiger partial charge >= 0.3 is 5.97 Å². The topological polar surface area (TPSA) is 98.5 Å². The van der Waals surface area contributed by atoms with Gasteiger partial charge in [0, 0.05) is 12.3 Å². The number of esters is 1. The second kappa shape index (κ2) is 7.14. The summed E-state index contributed by atoms with van der Waals surface area (Å²) < 4.78 is 27.8. The Balaban J connectivity index is 2.86. The maximum absolute atomic E-state index is 11.8. The van der Waals surface area contributed by atoms with Crippen LogP contribution in [-0.4, -0.2) is 39.0 Å². The number of hydrogen-bond donors (Lipinski definition) is 2. The third kappa shape index (κ3) is 4.41. The van der Waals surface area contributed by atoms with Crippen LogP contribution in [0.2, 0.25) is 0 Å². The summed E-state index contributed by atoms with van der Waals surface area (Å²) in [6, 6.07) is 4.87. The molecule has 6 nitrogen and oxygen atoms in total. The number of nitrogens with one attached hydrogen (secondary N) is 1. The van der Waals surface area contributed by atoms with E-state index in [9.17, 15) is 13.2 Å². The van der Waals surface area contributed by atoms with Gasteiger partial charge in [-0.15, -0.1) is 0 Å². The maximum Gasteiger partial charge on any atom is 0.340 e. The van der Waals surface area contributed by atoms with E-state index in [1.165, 1.54) is 0 Å². The molecule has 20 heavy (non-hydrogen) atoms. The van der Waals surface area contributed by atoms with Gasteiger partial charge < -0.3 is 15.8 Å². The van der Waals surface area contributed by atoms with Gasteiger partial charge in [0.15, 0.2) is 9.84 Å². The predicted octanol–water partition coefficient (Wildman–Crippen LogP) is 1.29. The zero-order chi connectivity index (χ0) is 15.2. The number of nitrogen functional groups attached to an aromatic ring is 1. The number of sulfone groups is 1. The van der Waals surface area contributed by atoms with Crippen LogP contribution in [0.15, 0.2) is 18.2 Å². The van der Waals surface area contributed by atoms with Crippen LogP contribution in [0.3, 0.4) is 0 Å². The Morgan fingerprint density at radius 2 is 2.05 bits per heavy atom. The highest BCUT2D eigenvalue weighted by molar-refractivity contribution is 7.91. The molecule has 0 atom stereocenters. The van der Waals surface area contributed by atoms with Crippen molar-refractivity contribution in [1.82, 2.24) is 0 Å². The number of carbonyl (C=O) groups is 1. The summed E-state index contributed by atoms with van der Waals surface area (Å²) in [4.78, 5) is 11.8. The monoisotopic (exact) mass is 300 g/mol. The van der Waals surface area contributed by atoms with Gasteiger partial charge in [0.25, 0.3) is 0 Å². The molecule has 0 aliphatic rings. The molecule has 1 aromatic carbocycles. The highest BCUT2D eigenvalue weighted by Gasteiger charge is 2.15. The van der Waals surface area contributed by atoms with Gasteiger partial charge in [0.1, 0.15) is 0 Å². The van der Waals surface area contributed by atoms with Crippen LogP contribution in [0.5, 0.6) is 0 Å². The molecule has 0 spiro atoms. The molecule has 7 heteroatoms. The molecule has 0 aromatic heterocycles. The average molecular weight is 300 g/mol. The molecule has 0 amide bonds. The van der Waals surface area contributed by atoms with Crippen LogP contribution >= 0.6 is 0 Å². The molecule has 0 unspecified atom stereocenters. The van der Waals surface area contributed by atoms with Gasteiger partial charge in [-0.1, -0.05) is 13.0 Å². The Bertz CT molecular complexity index is 570. The van der Waals surface area contributed by atoms with E-state index >= 15 is 0 Å². The summed E-state index contributed by atoms with van der Waals surface area (Å²) >= 11 is 0. The van der Waals surface area contributed by atoms with E-state index in [0.29, 0.717) is 16.9 Å². The third-order valence-electron chi connectivity index (χ3n) is 2.75. The molecule has 1 aromatic rings. The molecule has 0 heterocycles. The lowest BCUT2D eigenvalue weighted by Gasteiger charge is -2.13. The molecule has 112 valence electrons. The molecular weight excluding hydrogens is 280 g/mol. The zero-order valence-corrected chi connectivity index (χ0v) is 12.5. The van der Waals surface area contributed by atoms with Crippen molar-refractivity contribution >= 4 is 27.2 Å². The first-order chi connectivity index (χ1) is 9.41. The van der Waals surface area contributed by atoms with Crippen molar-refractivity contribution in [2.75, 3.05) is 35.7 Å². The molecule has 0 saturated heterocycles. The molecule has 0 aliphatic heterocycles. The van der Waals surface area contributed by atoms with Crippen molar-refractivity contribution in [2.45, 2.75) is 13.8 Å². The third-order valence-corrected chi connectivity index (χ3v) is 4.45. The number of ether oxygens (including phenoxy) is 1. The van der Waals surface area contributed by atoms with Gasteiger partial charge in [-0.25, -0.2) is 13.2 Å². The number of benzene rings is 1. The van der Waals surface area contributed by atoms with E-state index in [0.717, 1.165) is 0 Å². The Morgan fingerprint density at radius 1 is 1.35 bits per heavy atom. The van der Waals surface area contributed by atoms with E-state index in [2.05, 4.69) is 5.32 Å². The van der Waals surface area contributed by atoms with E-state index in [1.807, 2.05) is 0 Å². The Morgan fingerprint density at radius 3 is 2.65 bits per heavy atom. The summed E-state index contributed by atoms with van der Waals surface area (Å²) in [5, 5.41) is 2.91. The highest BCUT2D eigenvalue weighted by Crippen LogP contribution is 2.24. The SMILES string of the molecule is CCOC(=O)c1cccc(N)c1NCCS(=O)(=O)CC. The van der Waals surface area contributed by atoms with Crippen molar-refractivity contribution in [3.05, 3.63) is 23.8 Å². The quantitative estimate of drug-likeness (QED) is 0.581. The first-order valence-electron chi connectivity index (χ1n) is 6.41. The van der Waals surface area contributed by atoms with Crippen molar-refractivity contribution in [2.24, 2.45) is 0 Å². The van der Waals surface area contributed by atoms with Crippen LogP contribution in [0, 0.1) is 0 Å². The number of para-hydroxylation sites is 1. The molecule has 0 saturated carbocycles. The number of nitrogens with two attached hydrogens (primary N) is 1. The van der Waals surface area contributed by atoms with Crippen molar-refractivity contribution in [1.29, 1.82) is 0 Å². The summed E-state index contributed by atoms with van der Waals surface area (Å²) in [6.45, 7) is 3.76. The molecule has 0 bridgehead atoms. The predicted molar refractivity (Wildman–Crippen MR) is 79.6 cm³/mol. The average Bonchev–Trinajstić information content (AvgIpc) is 2.40. The zero-order valence-electron chi connectivity index (χ0n) is 11.7. The minimum absolute atomic E-state index is 0.0138. The number of anilines is 2. The molecule has 3 N–H and O–H groups in total. The van der Waals surface area contributed by atoms with E-state index in [1.54, 1.807) is 32.0 Å². The molecule has 0 aliphatic carbocycles. The van der Waals surface area contributed by atoms with E-state index in [-0.39, 0.29) is 24.7 Å². The van der Waals surface area contributed by atoms with Crippen molar-refractivity contribution < 1.29 is 17.9 Å². The van der Waals surface area contributed by atoms with E-state index in [4.69, 9.17) is 10.5 Å². The normalized spacial score (nSPS) is 11.1. The molecule has 0 radical (unpaired) electrons. The summed E-state index contributed by atoms with van der Waals surface area (Å²) in [7, 11) is -3.07. The van der Waals surface area contributed by atoms with Gasteiger partial charge in [-0.3, -0.25) is 0 Å². The lowest BCUT2D eigenvalue weighted by Crippen LogP contribution is -2.19. The summed E-state index contributed by atoms with van der Waals surface area (Å²) in [5.74, 6) is -0.412. The second-order valence-electron chi connectivity index (χ2n) is 4.15. The van der Waals surface area contributed by atoms with Crippen LogP contribution < -0.4 is 11.1 Å². The molecule has 1 rings (SSSR count). The molecular formula is C13H20N2O4S. The van der Waals surface area contributed by atoms with Crippen molar-refractivity contribution in [3.8, 4) is 0 Å². The summed E-state index contributed by atoms with van der Waals surface area (Å²) in [6.07, 6.45) is 0. The summed E-state index contributed by atoms with van der Waals surface area (Å²) in [5.41, 5.74) is 6.92. The van der Waals surface area contributed by atoms with Gasteiger partial charge in [0.2, 0.25) is 0 Å². The van der Waals surface area contributed by atoms with Crippen molar-refractivity contribution in [3.63, 3.8) is 0 Å². The van der Waals surface area contributed by atoms with Gasteiger partial charge in [0.05, 0.1) is 29.3 Å². The van der Waals surface area contributed by atoms with Crippen LogP contribution in [-0.2, 0) is 14.6 Å². The highest BCUT2D eigenvalue weighted by atomic mass is 32.2. The maximum atomic E-state index is 11.8. The fourth-order valence-corrected chi connectivity index (χ4v) is 2.32. The number of carbonyl (C=O) groups excluding carboxylic acids is 1.